The predicted octanol–water partition coefficient (Wildman–Crippen LogP) is 3.13. The first-order valence-electron chi connectivity index (χ1n) is 11.0. The summed E-state index contributed by atoms with van der Waals surface area (Å²) in [5.74, 6) is 0.872. The lowest BCUT2D eigenvalue weighted by Gasteiger charge is -2.23. The van der Waals surface area contributed by atoms with Crippen molar-refractivity contribution in [3.05, 3.63) is 47.8 Å². The molecule has 3 rings (SSSR count). The fourth-order valence-corrected chi connectivity index (χ4v) is 3.75. The van der Waals surface area contributed by atoms with Crippen LogP contribution in [0.4, 0.5) is 5.69 Å². The second-order valence-corrected chi connectivity index (χ2v) is 8.40. The molecule has 1 saturated carbocycles. The summed E-state index contributed by atoms with van der Waals surface area (Å²) in [6.07, 6.45) is 7.71. The van der Waals surface area contributed by atoms with Crippen molar-refractivity contribution in [1.29, 1.82) is 0 Å². The highest BCUT2D eigenvalue weighted by molar-refractivity contribution is 14.0. The number of carbonyl (C=O) groups excluding carboxylic acids is 1. The van der Waals surface area contributed by atoms with Gasteiger partial charge in [0.05, 0.1) is 19.3 Å². The van der Waals surface area contributed by atoms with Gasteiger partial charge in [-0.15, -0.1) is 24.0 Å². The molecule has 1 fully saturated rings. The van der Waals surface area contributed by atoms with Crippen LogP contribution >= 0.6 is 24.0 Å². The van der Waals surface area contributed by atoms with Crippen molar-refractivity contribution in [2.45, 2.75) is 51.7 Å². The van der Waals surface area contributed by atoms with Gasteiger partial charge in [-0.3, -0.25) is 9.48 Å². The molecular formula is C23H35IN6O2. The molecule has 1 heterocycles. The summed E-state index contributed by atoms with van der Waals surface area (Å²) in [7, 11) is 1.82. The quantitative estimate of drug-likeness (QED) is 0.228. The van der Waals surface area contributed by atoms with Crippen LogP contribution in [0.1, 0.15) is 50.7 Å². The molecule has 0 bridgehead atoms. The van der Waals surface area contributed by atoms with Gasteiger partial charge in [0, 0.05) is 37.0 Å². The largest absolute Gasteiger partial charge is 0.383 e. The zero-order valence-corrected chi connectivity index (χ0v) is 21.4. The molecule has 32 heavy (non-hydrogen) atoms. The normalized spacial score (nSPS) is 16.2. The Hall–Kier alpha value is -2.14. The molecule has 2 aromatic rings. The van der Waals surface area contributed by atoms with Gasteiger partial charge >= 0.3 is 0 Å². The van der Waals surface area contributed by atoms with E-state index < -0.39 is 5.60 Å². The average Bonchev–Trinajstić information content (AvgIpc) is 3.43. The second kappa shape index (κ2) is 12.2. The molecule has 1 aromatic carbocycles. The molecule has 0 aliphatic heterocycles. The number of amides is 1. The maximum atomic E-state index is 12.4. The van der Waals surface area contributed by atoms with Crippen molar-refractivity contribution in [2.24, 2.45) is 18.0 Å². The average molecular weight is 554 g/mol. The Kier molecular flexibility index (Phi) is 9.95. The third-order valence-corrected chi connectivity index (χ3v) is 5.61. The summed E-state index contributed by atoms with van der Waals surface area (Å²) in [5, 5.41) is 24.4. The number of rotatable bonds is 8. The lowest BCUT2D eigenvalue weighted by atomic mass is 10.00. The lowest BCUT2D eigenvalue weighted by Crippen LogP contribution is -2.44. The molecule has 1 atom stereocenters. The van der Waals surface area contributed by atoms with Gasteiger partial charge in [-0.05, 0) is 44.4 Å². The van der Waals surface area contributed by atoms with Crippen molar-refractivity contribution in [2.75, 3.05) is 18.4 Å². The number of carbonyl (C=O) groups is 1. The fraction of sp³-hybridized carbons (Fsp3) is 0.522. The highest BCUT2D eigenvalue weighted by Gasteiger charge is 2.25. The van der Waals surface area contributed by atoms with Crippen LogP contribution in [-0.2, 0) is 24.0 Å². The summed E-state index contributed by atoms with van der Waals surface area (Å²) in [4.78, 5) is 17.0. The van der Waals surface area contributed by atoms with E-state index in [1.165, 1.54) is 0 Å². The monoisotopic (exact) mass is 554 g/mol. The Morgan fingerprint density at radius 2 is 2.06 bits per heavy atom. The number of aromatic nitrogens is 2. The maximum absolute atomic E-state index is 12.4. The summed E-state index contributed by atoms with van der Waals surface area (Å²) in [5.41, 5.74) is 1.47. The molecule has 1 aliphatic carbocycles. The van der Waals surface area contributed by atoms with Crippen LogP contribution in [0, 0.1) is 5.92 Å². The van der Waals surface area contributed by atoms with Gasteiger partial charge in [0.2, 0.25) is 5.91 Å². The Morgan fingerprint density at radius 1 is 1.31 bits per heavy atom. The minimum Gasteiger partial charge on any atom is -0.383 e. The van der Waals surface area contributed by atoms with Crippen molar-refractivity contribution in [3.8, 4) is 0 Å². The number of hydrogen-bond acceptors (Lipinski definition) is 4. The molecule has 0 radical (unpaired) electrons. The Bertz CT molecular complexity index is 905. The number of nitrogens with zero attached hydrogens (tertiary/aromatic N) is 3. The highest BCUT2D eigenvalue weighted by atomic mass is 127. The number of hydrogen-bond donors (Lipinski definition) is 4. The third kappa shape index (κ3) is 7.47. The predicted molar refractivity (Wildman–Crippen MR) is 138 cm³/mol. The Balaban J connectivity index is 0.00000363. The van der Waals surface area contributed by atoms with E-state index in [4.69, 9.17) is 0 Å². The number of aliphatic hydroxyl groups is 1. The van der Waals surface area contributed by atoms with Crippen LogP contribution in [-0.4, -0.2) is 39.8 Å². The van der Waals surface area contributed by atoms with E-state index in [1.54, 1.807) is 24.0 Å². The second-order valence-electron chi connectivity index (χ2n) is 8.40. The first-order valence-corrected chi connectivity index (χ1v) is 11.0. The van der Waals surface area contributed by atoms with E-state index in [2.05, 4.69) is 26.0 Å². The molecule has 9 heteroatoms. The minimum absolute atomic E-state index is 0. The number of benzene rings is 1. The van der Waals surface area contributed by atoms with E-state index in [0.717, 1.165) is 42.5 Å². The maximum Gasteiger partial charge on any atom is 0.227 e. The van der Waals surface area contributed by atoms with Gasteiger partial charge < -0.3 is 21.1 Å². The summed E-state index contributed by atoms with van der Waals surface area (Å²) in [6.45, 7) is 5.20. The number of anilines is 1. The molecule has 1 unspecified atom stereocenters. The number of nitrogens with one attached hydrogen (secondary N) is 3. The van der Waals surface area contributed by atoms with Crippen LogP contribution in [0.5, 0.6) is 0 Å². The van der Waals surface area contributed by atoms with Crippen LogP contribution in [0.2, 0.25) is 0 Å². The van der Waals surface area contributed by atoms with Gasteiger partial charge in [0.25, 0.3) is 0 Å². The van der Waals surface area contributed by atoms with E-state index in [1.807, 2.05) is 38.2 Å². The molecule has 0 spiro atoms. The van der Waals surface area contributed by atoms with Crippen molar-refractivity contribution in [3.63, 3.8) is 0 Å². The molecular weight excluding hydrogens is 519 g/mol. The van der Waals surface area contributed by atoms with E-state index in [0.29, 0.717) is 25.6 Å². The molecule has 1 aromatic heterocycles. The number of aryl methyl sites for hydroxylation is 1. The van der Waals surface area contributed by atoms with Crippen molar-refractivity contribution < 1.29 is 9.90 Å². The highest BCUT2D eigenvalue weighted by Crippen LogP contribution is 2.26. The van der Waals surface area contributed by atoms with Gasteiger partial charge in [0.15, 0.2) is 5.96 Å². The minimum atomic E-state index is -1.07. The summed E-state index contributed by atoms with van der Waals surface area (Å²) < 4.78 is 1.67. The molecule has 1 amide bonds. The summed E-state index contributed by atoms with van der Waals surface area (Å²) in [6, 6.07) is 7.80. The smallest absolute Gasteiger partial charge is 0.227 e. The van der Waals surface area contributed by atoms with Gasteiger partial charge in [-0.2, -0.15) is 5.10 Å². The molecule has 4 N–H and O–H groups in total. The lowest BCUT2D eigenvalue weighted by molar-refractivity contribution is -0.119. The van der Waals surface area contributed by atoms with Crippen molar-refractivity contribution >= 4 is 41.5 Å². The number of guanidine groups is 1. The molecule has 8 nitrogen and oxygen atoms in total. The molecule has 176 valence electrons. The molecule has 1 aliphatic rings. The van der Waals surface area contributed by atoms with E-state index >= 15 is 0 Å². The van der Waals surface area contributed by atoms with E-state index in [-0.39, 0.29) is 35.8 Å². The fourth-order valence-electron chi connectivity index (χ4n) is 3.75. The van der Waals surface area contributed by atoms with Crippen LogP contribution in [0.15, 0.2) is 41.7 Å². The summed E-state index contributed by atoms with van der Waals surface area (Å²) >= 11 is 0. The Labute approximate surface area is 207 Å². The zero-order chi connectivity index (χ0) is 22.3. The van der Waals surface area contributed by atoms with Crippen LogP contribution in [0.3, 0.4) is 0 Å². The number of aliphatic imine (C=N–C) groups is 1. The SMILES string of the molecule is CCNC(=NCc1cccc(NC(=O)C2CCCC2)c1)NCC(C)(O)c1cnn(C)c1.I. The van der Waals surface area contributed by atoms with Crippen LogP contribution < -0.4 is 16.0 Å². The van der Waals surface area contributed by atoms with E-state index in [9.17, 15) is 9.90 Å². The van der Waals surface area contributed by atoms with Gasteiger partial charge in [0.1, 0.15) is 5.60 Å². The third-order valence-electron chi connectivity index (χ3n) is 5.61. The van der Waals surface area contributed by atoms with Gasteiger partial charge in [-0.1, -0.05) is 25.0 Å². The Morgan fingerprint density at radius 3 is 2.72 bits per heavy atom. The van der Waals surface area contributed by atoms with Crippen LogP contribution in [0.25, 0.3) is 0 Å². The first-order chi connectivity index (χ1) is 14.9. The first kappa shape index (κ1) is 26.1. The van der Waals surface area contributed by atoms with Crippen molar-refractivity contribution in [1.82, 2.24) is 20.4 Å². The standard InChI is InChI=1S/C23H34N6O2.HI/c1-4-24-22(26-16-23(2,31)19-14-27-29(3)15-19)25-13-17-8-7-11-20(12-17)28-21(30)18-9-5-6-10-18;/h7-8,11-12,14-15,18,31H,4-6,9-10,13,16H2,1-3H3,(H,28,30)(H2,24,25,26);1H. The molecule has 0 saturated heterocycles. The van der Waals surface area contributed by atoms with Gasteiger partial charge in [-0.25, -0.2) is 4.99 Å². The number of halogens is 1. The zero-order valence-electron chi connectivity index (χ0n) is 19.1. The topological polar surface area (TPSA) is 104 Å².